The number of halogens is 2. The maximum atomic E-state index is 13.6. The Morgan fingerprint density at radius 1 is 1.04 bits per heavy atom. The van der Waals surface area contributed by atoms with E-state index in [4.69, 9.17) is 0 Å². The summed E-state index contributed by atoms with van der Waals surface area (Å²) in [4.78, 5) is 36.4. The predicted molar refractivity (Wildman–Crippen MR) is 89.1 cm³/mol. The zero-order valence-corrected chi connectivity index (χ0v) is 13.5. The number of benzene rings is 2. The van der Waals surface area contributed by atoms with Gasteiger partial charge in [-0.2, -0.15) is 0 Å². The average Bonchev–Trinajstić information content (AvgIpc) is 2.71. The Morgan fingerprint density at radius 2 is 1.73 bits per heavy atom. The molecule has 134 valence electrons. The summed E-state index contributed by atoms with van der Waals surface area (Å²) in [6.45, 7) is -0.361. The molecule has 0 aromatic heterocycles. The topological polar surface area (TPSA) is 87.3 Å². The van der Waals surface area contributed by atoms with Crippen LogP contribution in [0.2, 0.25) is 0 Å². The van der Waals surface area contributed by atoms with E-state index in [0.717, 1.165) is 12.1 Å². The Hall–Kier alpha value is -3.29. The van der Waals surface area contributed by atoms with Crippen molar-refractivity contribution in [3.8, 4) is 0 Å². The summed E-state index contributed by atoms with van der Waals surface area (Å²) in [6.07, 6.45) is -0.359. The van der Waals surface area contributed by atoms with E-state index in [1.165, 1.54) is 6.07 Å². The van der Waals surface area contributed by atoms with E-state index >= 15 is 0 Å². The third-order valence-corrected chi connectivity index (χ3v) is 3.96. The summed E-state index contributed by atoms with van der Waals surface area (Å²) in [6, 6.07) is 8.74. The average molecular weight is 359 g/mol. The van der Waals surface area contributed by atoms with Crippen LogP contribution in [0.5, 0.6) is 0 Å². The molecule has 0 spiro atoms. The fourth-order valence-corrected chi connectivity index (χ4v) is 2.60. The molecule has 3 N–H and O–H groups in total. The van der Waals surface area contributed by atoms with Gasteiger partial charge in [-0.05, 0) is 24.3 Å². The molecule has 1 aliphatic rings. The molecule has 1 heterocycles. The van der Waals surface area contributed by atoms with E-state index in [9.17, 15) is 23.2 Å². The monoisotopic (exact) mass is 359 g/mol. The van der Waals surface area contributed by atoms with Crippen LogP contribution in [-0.2, 0) is 16.1 Å². The smallest absolute Gasteiger partial charge is 0.254 e. The number of amides is 3. The highest BCUT2D eigenvalue weighted by molar-refractivity contribution is 6.10. The van der Waals surface area contributed by atoms with E-state index in [0.29, 0.717) is 5.69 Å². The van der Waals surface area contributed by atoms with Gasteiger partial charge in [-0.25, -0.2) is 8.78 Å². The number of carbonyl (C=O) groups excluding carboxylic acids is 3. The zero-order chi connectivity index (χ0) is 18.7. The summed E-state index contributed by atoms with van der Waals surface area (Å²) in [5.74, 6) is -3.21. The molecule has 3 amide bonds. The van der Waals surface area contributed by atoms with Crippen LogP contribution in [0.25, 0.3) is 0 Å². The Morgan fingerprint density at radius 3 is 2.46 bits per heavy atom. The largest absolute Gasteiger partial charge is 0.352 e. The second-order valence-electron chi connectivity index (χ2n) is 5.74. The van der Waals surface area contributed by atoms with Crippen LogP contribution in [0.3, 0.4) is 0 Å². The molecule has 2 aromatic carbocycles. The number of nitrogens with one attached hydrogen (secondary N) is 3. The molecule has 0 bridgehead atoms. The number of hydrogen-bond donors (Lipinski definition) is 3. The molecule has 26 heavy (non-hydrogen) atoms. The standard InChI is InChI=1S/C18H15F2N3O3/c19-12-5-3-6-13(20)11(12)9-21-16(24)8-15-18(26)22-14-7-2-1-4-10(14)17(25)23-15/h1-7,15H,8-9H2,(H,21,24)(H,22,26)(H,23,25). The van der Waals surface area contributed by atoms with Crippen LogP contribution in [0.15, 0.2) is 42.5 Å². The van der Waals surface area contributed by atoms with Crippen LogP contribution in [-0.4, -0.2) is 23.8 Å². The van der Waals surface area contributed by atoms with Crippen molar-refractivity contribution in [1.82, 2.24) is 10.6 Å². The maximum absolute atomic E-state index is 13.6. The molecule has 0 saturated carbocycles. The second kappa shape index (κ2) is 7.30. The number of hydrogen-bond acceptors (Lipinski definition) is 3. The SMILES string of the molecule is O=C(CC1NC(=O)c2ccccc2NC1=O)NCc1c(F)cccc1F. The quantitative estimate of drug-likeness (QED) is 0.777. The highest BCUT2D eigenvalue weighted by Crippen LogP contribution is 2.19. The van der Waals surface area contributed by atoms with Crippen LogP contribution in [0.1, 0.15) is 22.3 Å². The molecule has 1 unspecified atom stereocenters. The molecule has 0 fully saturated rings. The minimum atomic E-state index is -1.10. The van der Waals surface area contributed by atoms with Gasteiger partial charge in [0, 0.05) is 12.1 Å². The van der Waals surface area contributed by atoms with Gasteiger partial charge in [0.05, 0.1) is 17.7 Å². The Balaban J connectivity index is 1.64. The number of anilines is 1. The molecular formula is C18H15F2N3O3. The first-order valence-corrected chi connectivity index (χ1v) is 7.86. The van der Waals surface area contributed by atoms with Gasteiger partial charge in [-0.3, -0.25) is 14.4 Å². The minimum absolute atomic E-state index is 0.275. The summed E-state index contributed by atoms with van der Waals surface area (Å²) in [5, 5.41) is 7.41. The summed E-state index contributed by atoms with van der Waals surface area (Å²) in [5.41, 5.74) is 0.367. The molecule has 6 nitrogen and oxygen atoms in total. The predicted octanol–water partition coefficient (Wildman–Crippen LogP) is 1.72. The second-order valence-corrected chi connectivity index (χ2v) is 5.74. The van der Waals surface area contributed by atoms with Crippen molar-refractivity contribution < 1.29 is 23.2 Å². The van der Waals surface area contributed by atoms with Gasteiger partial charge in [-0.1, -0.05) is 18.2 Å². The number of rotatable bonds is 4. The van der Waals surface area contributed by atoms with Gasteiger partial charge in [0.2, 0.25) is 11.8 Å². The van der Waals surface area contributed by atoms with Crippen LogP contribution in [0, 0.1) is 11.6 Å². The van der Waals surface area contributed by atoms with E-state index in [-0.39, 0.29) is 24.1 Å². The van der Waals surface area contributed by atoms with Crippen molar-refractivity contribution >= 4 is 23.4 Å². The van der Waals surface area contributed by atoms with E-state index < -0.39 is 35.4 Å². The summed E-state index contributed by atoms with van der Waals surface area (Å²) in [7, 11) is 0. The summed E-state index contributed by atoms with van der Waals surface area (Å²) < 4.78 is 27.1. The van der Waals surface area contributed by atoms with Crippen molar-refractivity contribution in [2.75, 3.05) is 5.32 Å². The molecule has 0 saturated heterocycles. The van der Waals surface area contributed by atoms with Gasteiger partial charge in [0.1, 0.15) is 17.7 Å². The molecule has 8 heteroatoms. The lowest BCUT2D eigenvalue weighted by atomic mass is 10.1. The Bertz CT molecular complexity index is 865. The normalized spacial score (nSPS) is 16.2. The van der Waals surface area contributed by atoms with Crippen molar-refractivity contribution in [3.05, 3.63) is 65.2 Å². The van der Waals surface area contributed by atoms with Crippen molar-refractivity contribution in [1.29, 1.82) is 0 Å². The Kier molecular flexibility index (Phi) is 4.92. The first-order valence-electron chi connectivity index (χ1n) is 7.86. The minimum Gasteiger partial charge on any atom is -0.352 e. The van der Waals surface area contributed by atoms with Gasteiger partial charge in [-0.15, -0.1) is 0 Å². The molecule has 2 aromatic rings. The van der Waals surface area contributed by atoms with Gasteiger partial charge >= 0.3 is 0 Å². The van der Waals surface area contributed by atoms with Gasteiger partial charge in [0.15, 0.2) is 0 Å². The molecule has 0 radical (unpaired) electrons. The number of para-hydroxylation sites is 1. The van der Waals surface area contributed by atoms with E-state index in [1.54, 1.807) is 24.3 Å². The molecule has 1 aliphatic heterocycles. The third-order valence-electron chi connectivity index (χ3n) is 3.96. The van der Waals surface area contributed by atoms with E-state index in [1.807, 2.05) is 0 Å². The highest BCUT2D eigenvalue weighted by atomic mass is 19.1. The maximum Gasteiger partial charge on any atom is 0.254 e. The van der Waals surface area contributed by atoms with Crippen LogP contribution in [0.4, 0.5) is 14.5 Å². The third kappa shape index (κ3) is 3.69. The van der Waals surface area contributed by atoms with Crippen LogP contribution < -0.4 is 16.0 Å². The highest BCUT2D eigenvalue weighted by Gasteiger charge is 2.29. The Labute approximate surface area is 147 Å². The molecular weight excluding hydrogens is 344 g/mol. The lowest BCUT2D eigenvalue weighted by Crippen LogP contribution is -2.44. The van der Waals surface area contributed by atoms with Crippen LogP contribution >= 0.6 is 0 Å². The molecule has 3 rings (SSSR count). The summed E-state index contributed by atoms with van der Waals surface area (Å²) >= 11 is 0. The van der Waals surface area contributed by atoms with Crippen molar-refractivity contribution in [3.63, 3.8) is 0 Å². The lowest BCUT2D eigenvalue weighted by Gasteiger charge is -2.14. The van der Waals surface area contributed by atoms with E-state index in [2.05, 4.69) is 16.0 Å². The zero-order valence-electron chi connectivity index (χ0n) is 13.5. The number of fused-ring (bicyclic) bond motifs is 1. The fourth-order valence-electron chi connectivity index (χ4n) is 2.60. The van der Waals surface area contributed by atoms with Gasteiger partial charge in [0.25, 0.3) is 5.91 Å². The first kappa shape index (κ1) is 17.5. The fraction of sp³-hybridized carbons (Fsp3) is 0.167. The lowest BCUT2D eigenvalue weighted by molar-refractivity contribution is -0.125. The van der Waals surface area contributed by atoms with Crippen molar-refractivity contribution in [2.24, 2.45) is 0 Å². The first-order chi connectivity index (χ1) is 12.5. The molecule has 0 aliphatic carbocycles. The van der Waals surface area contributed by atoms with Crippen molar-refractivity contribution in [2.45, 2.75) is 19.0 Å². The molecule has 1 atom stereocenters. The van der Waals surface area contributed by atoms with Gasteiger partial charge < -0.3 is 16.0 Å². The number of carbonyl (C=O) groups is 3.